The molecule has 0 radical (unpaired) electrons. The smallest absolute Gasteiger partial charge is 0.254 e. The first-order chi connectivity index (χ1) is 12.9. The summed E-state index contributed by atoms with van der Waals surface area (Å²) in [7, 11) is 1.85. The fraction of sp³-hybridized carbons (Fsp3) is 0.300. The number of benzene rings is 1. The first-order valence-electron chi connectivity index (χ1n) is 8.82. The summed E-state index contributed by atoms with van der Waals surface area (Å²) in [5.74, 6) is 0.156. The van der Waals surface area contributed by atoms with E-state index in [0.29, 0.717) is 24.2 Å². The predicted molar refractivity (Wildman–Crippen MR) is 103 cm³/mol. The molecule has 1 aliphatic rings. The lowest BCUT2D eigenvalue weighted by atomic mass is 10.1. The van der Waals surface area contributed by atoms with Crippen molar-refractivity contribution in [3.63, 3.8) is 0 Å². The van der Waals surface area contributed by atoms with Crippen LogP contribution in [0.5, 0.6) is 0 Å². The molecule has 142 valence electrons. The summed E-state index contributed by atoms with van der Waals surface area (Å²) in [6.45, 7) is 4.84. The Morgan fingerprint density at radius 3 is 2.85 bits per heavy atom. The van der Waals surface area contributed by atoms with Crippen molar-refractivity contribution in [1.29, 1.82) is 0 Å². The number of fused-ring (bicyclic) bond motifs is 1. The van der Waals surface area contributed by atoms with Crippen molar-refractivity contribution in [3.8, 4) is 0 Å². The fourth-order valence-electron chi connectivity index (χ4n) is 3.03. The zero-order valence-electron chi connectivity index (χ0n) is 15.8. The van der Waals surface area contributed by atoms with E-state index in [4.69, 9.17) is 5.73 Å². The lowest BCUT2D eigenvalue weighted by Crippen LogP contribution is -2.32. The Balaban J connectivity index is 1.97. The van der Waals surface area contributed by atoms with E-state index >= 15 is 0 Å². The molecule has 0 bridgehead atoms. The van der Waals surface area contributed by atoms with E-state index in [1.807, 2.05) is 33.0 Å². The molecule has 2 heterocycles. The van der Waals surface area contributed by atoms with E-state index in [0.717, 1.165) is 22.7 Å². The van der Waals surface area contributed by atoms with Gasteiger partial charge in [-0.1, -0.05) is 17.7 Å². The van der Waals surface area contributed by atoms with Crippen LogP contribution in [0.25, 0.3) is 0 Å². The monoisotopic (exact) mass is 369 g/mol. The lowest BCUT2D eigenvalue weighted by Gasteiger charge is -2.21. The number of aromatic nitrogens is 2. The van der Waals surface area contributed by atoms with Crippen molar-refractivity contribution in [3.05, 3.63) is 70.3 Å². The molecule has 0 saturated heterocycles. The van der Waals surface area contributed by atoms with Gasteiger partial charge in [0.25, 0.3) is 5.91 Å². The van der Waals surface area contributed by atoms with Gasteiger partial charge in [0.2, 0.25) is 0 Å². The molecular weight excluding hydrogens is 345 g/mol. The van der Waals surface area contributed by atoms with Gasteiger partial charge in [0.05, 0.1) is 19.3 Å². The average molecular weight is 369 g/mol. The molecule has 7 heteroatoms. The zero-order valence-corrected chi connectivity index (χ0v) is 15.8. The molecule has 3 N–H and O–H groups in total. The second-order valence-electron chi connectivity index (χ2n) is 6.64. The predicted octanol–water partition coefficient (Wildman–Crippen LogP) is 2.94. The molecule has 1 aromatic heterocycles. The highest BCUT2D eigenvalue weighted by Gasteiger charge is 2.25. The highest BCUT2D eigenvalue weighted by atomic mass is 19.1. The minimum absolute atomic E-state index is 0.0997. The number of nitrogens with two attached hydrogens (primary N) is 1. The number of nitrogens with zero attached hydrogens (tertiary/aromatic N) is 3. The number of nitrogens with one attached hydrogen (secondary N) is 1. The van der Waals surface area contributed by atoms with Gasteiger partial charge in [0, 0.05) is 36.0 Å². The van der Waals surface area contributed by atoms with Gasteiger partial charge in [-0.15, -0.1) is 0 Å². The van der Waals surface area contributed by atoms with E-state index in [1.54, 1.807) is 27.9 Å². The van der Waals surface area contributed by atoms with E-state index in [9.17, 15) is 9.18 Å². The summed E-state index contributed by atoms with van der Waals surface area (Å²) in [4.78, 5) is 14.7. The topological polar surface area (TPSA) is 76.2 Å². The molecule has 27 heavy (non-hydrogen) atoms. The Labute approximate surface area is 158 Å². The van der Waals surface area contributed by atoms with Gasteiger partial charge in [-0.25, -0.2) is 4.39 Å². The van der Waals surface area contributed by atoms with Crippen LogP contribution in [0.4, 0.5) is 10.2 Å². The first kappa shape index (κ1) is 18.8. The number of rotatable bonds is 3. The number of hydrogen-bond acceptors (Lipinski definition) is 4. The van der Waals surface area contributed by atoms with Gasteiger partial charge >= 0.3 is 0 Å². The van der Waals surface area contributed by atoms with Crippen LogP contribution in [0.1, 0.15) is 35.3 Å². The van der Waals surface area contributed by atoms with Crippen LogP contribution in [0.2, 0.25) is 0 Å². The number of carbonyl (C=O) groups is 1. The molecule has 6 nitrogen and oxygen atoms in total. The molecule has 0 aliphatic carbocycles. The van der Waals surface area contributed by atoms with Crippen molar-refractivity contribution in [2.75, 3.05) is 11.9 Å². The molecule has 0 spiro atoms. The van der Waals surface area contributed by atoms with Gasteiger partial charge in [-0.3, -0.25) is 9.48 Å². The van der Waals surface area contributed by atoms with E-state index in [2.05, 4.69) is 10.4 Å². The number of hydrogen-bond donors (Lipinski definition) is 2. The van der Waals surface area contributed by atoms with Crippen molar-refractivity contribution in [2.24, 2.45) is 12.8 Å². The van der Waals surface area contributed by atoms with E-state index in [1.165, 1.54) is 6.07 Å². The van der Waals surface area contributed by atoms with Crippen LogP contribution in [-0.2, 0) is 20.1 Å². The molecule has 0 saturated carbocycles. The normalized spacial score (nSPS) is 16.1. The summed E-state index contributed by atoms with van der Waals surface area (Å²) in [6, 6.07) is 4.44. The Morgan fingerprint density at radius 2 is 2.19 bits per heavy atom. The third-order valence-electron chi connectivity index (χ3n) is 4.68. The summed E-state index contributed by atoms with van der Waals surface area (Å²) < 4.78 is 15.8. The van der Waals surface area contributed by atoms with Crippen molar-refractivity contribution in [1.82, 2.24) is 14.7 Å². The zero-order chi connectivity index (χ0) is 19.6. The molecular formula is C20H24FN5O. The standard InChI is InChI=1S/C20H24FN5O/c1-4-13(2)7-17-12-26(11-16-10-23-25(3)19(16)24-17)20(27)14-5-6-15(9-22)18(21)8-14/h4-8,10,24H,9,11-12,22H2,1-3H3/b13-4-,17-7+. The number of amides is 1. The van der Waals surface area contributed by atoms with Crippen molar-refractivity contribution >= 4 is 11.7 Å². The Morgan fingerprint density at radius 1 is 1.41 bits per heavy atom. The molecule has 1 aliphatic heterocycles. The van der Waals surface area contributed by atoms with Gasteiger partial charge in [0.15, 0.2) is 0 Å². The average Bonchev–Trinajstić information content (AvgIpc) is 2.89. The quantitative estimate of drug-likeness (QED) is 0.872. The first-order valence-corrected chi connectivity index (χ1v) is 8.82. The minimum atomic E-state index is -0.459. The summed E-state index contributed by atoms with van der Waals surface area (Å²) >= 11 is 0. The number of halogens is 1. The number of anilines is 1. The van der Waals surface area contributed by atoms with E-state index in [-0.39, 0.29) is 12.5 Å². The molecule has 1 amide bonds. The molecule has 0 atom stereocenters. The molecule has 0 unspecified atom stereocenters. The summed E-state index contributed by atoms with van der Waals surface area (Å²) in [6.07, 6.45) is 5.74. The molecule has 1 aromatic carbocycles. The van der Waals surface area contributed by atoms with Crippen LogP contribution in [0.15, 0.2) is 47.8 Å². The minimum Gasteiger partial charge on any atom is -0.342 e. The fourth-order valence-corrected chi connectivity index (χ4v) is 3.03. The van der Waals surface area contributed by atoms with Gasteiger partial charge < -0.3 is 16.0 Å². The maximum absolute atomic E-state index is 14.1. The molecule has 2 aromatic rings. The molecule has 0 fully saturated rings. The Bertz CT molecular complexity index is 928. The Kier molecular flexibility index (Phi) is 5.41. The third kappa shape index (κ3) is 3.93. The van der Waals surface area contributed by atoms with Gasteiger partial charge in [-0.05, 0) is 32.1 Å². The van der Waals surface area contributed by atoms with Gasteiger partial charge in [0.1, 0.15) is 11.6 Å². The second kappa shape index (κ2) is 7.75. The van der Waals surface area contributed by atoms with E-state index < -0.39 is 5.82 Å². The van der Waals surface area contributed by atoms with Crippen LogP contribution < -0.4 is 11.1 Å². The SMILES string of the molecule is C/C=C(C)\C=C1/CN(C(=O)c2ccc(CN)c(F)c2)Cc2cnn(C)c2N1. The summed E-state index contributed by atoms with van der Waals surface area (Å²) in [5, 5.41) is 7.65. The highest BCUT2D eigenvalue weighted by molar-refractivity contribution is 5.94. The lowest BCUT2D eigenvalue weighted by molar-refractivity contribution is 0.0760. The third-order valence-corrected chi connectivity index (χ3v) is 4.68. The Hall–Kier alpha value is -2.93. The number of allylic oxidation sites excluding steroid dienone is 3. The largest absolute Gasteiger partial charge is 0.342 e. The van der Waals surface area contributed by atoms with Crippen molar-refractivity contribution in [2.45, 2.75) is 26.9 Å². The summed E-state index contributed by atoms with van der Waals surface area (Å²) in [5.41, 5.74) is 9.07. The van der Waals surface area contributed by atoms with Crippen LogP contribution in [0.3, 0.4) is 0 Å². The number of aryl methyl sites for hydroxylation is 1. The van der Waals surface area contributed by atoms with Crippen LogP contribution >= 0.6 is 0 Å². The highest BCUT2D eigenvalue weighted by Crippen LogP contribution is 2.25. The molecule has 3 rings (SSSR count). The maximum atomic E-state index is 14.1. The maximum Gasteiger partial charge on any atom is 0.254 e. The van der Waals surface area contributed by atoms with Crippen molar-refractivity contribution < 1.29 is 9.18 Å². The van der Waals surface area contributed by atoms with Gasteiger partial charge in [-0.2, -0.15) is 5.10 Å². The van der Waals surface area contributed by atoms with Crippen LogP contribution in [-0.4, -0.2) is 27.1 Å². The van der Waals surface area contributed by atoms with Crippen LogP contribution in [0, 0.1) is 5.82 Å². The second-order valence-corrected chi connectivity index (χ2v) is 6.64. The number of carbonyl (C=O) groups excluding carboxylic acids is 1.